The van der Waals surface area contributed by atoms with Gasteiger partial charge in [0.15, 0.2) is 0 Å². The molecule has 0 spiro atoms. The van der Waals surface area contributed by atoms with Crippen molar-refractivity contribution in [3.63, 3.8) is 0 Å². The molecule has 0 saturated heterocycles. The van der Waals surface area contributed by atoms with E-state index in [1.807, 2.05) is 24.3 Å². The van der Waals surface area contributed by atoms with Crippen LogP contribution in [0.25, 0.3) is 0 Å². The van der Waals surface area contributed by atoms with Crippen LogP contribution >= 0.6 is 11.8 Å². The van der Waals surface area contributed by atoms with E-state index in [0.29, 0.717) is 17.4 Å². The van der Waals surface area contributed by atoms with Crippen molar-refractivity contribution in [2.45, 2.75) is 25.2 Å². The minimum absolute atomic E-state index is 0.220. The van der Waals surface area contributed by atoms with Gasteiger partial charge in [0.2, 0.25) is 5.91 Å². The minimum atomic E-state index is -0.229. The van der Waals surface area contributed by atoms with Crippen molar-refractivity contribution in [1.82, 2.24) is 5.32 Å². The quantitative estimate of drug-likeness (QED) is 0.838. The molecule has 20 heavy (non-hydrogen) atoms. The van der Waals surface area contributed by atoms with Gasteiger partial charge >= 0.3 is 0 Å². The fourth-order valence-electron chi connectivity index (χ4n) is 1.76. The fourth-order valence-corrected chi connectivity index (χ4v) is 2.68. The predicted octanol–water partition coefficient (Wildman–Crippen LogP) is 2.78. The van der Waals surface area contributed by atoms with Gasteiger partial charge in [-0.05, 0) is 24.5 Å². The molecule has 0 aliphatic carbocycles. The van der Waals surface area contributed by atoms with Crippen LogP contribution in [0.3, 0.4) is 0 Å². The number of thioether (sulfide) groups is 1. The third kappa shape index (κ3) is 3.87. The summed E-state index contributed by atoms with van der Waals surface area (Å²) in [6.07, 6.45) is 2.30. The molecule has 4 nitrogen and oxygen atoms in total. The lowest BCUT2D eigenvalue weighted by molar-refractivity contribution is -0.117. The Kier molecular flexibility index (Phi) is 4.84. The number of para-hydroxylation sites is 1. The van der Waals surface area contributed by atoms with E-state index in [0.717, 1.165) is 17.0 Å². The molecule has 0 aromatic heterocycles. The molecule has 0 saturated carbocycles. The van der Waals surface area contributed by atoms with E-state index in [1.165, 1.54) is 17.8 Å². The number of anilines is 1. The molecule has 1 aromatic carbocycles. The number of benzene rings is 1. The Balaban J connectivity index is 2.00. The van der Waals surface area contributed by atoms with Crippen molar-refractivity contribution in [2.75, 3.05) is 11.9 Å². The number of hydrogen-bond donors (Lipinski definition) is 2. The predicted molar refractivity (Wildman–Crippen MR) is 81.5 cm³/mol. The van der Waals surface area contributed by atoms with Gasteiger partial charge in [0.25, 0.3) is 5.91 Å². The zero-order chi connectivity index (χ0) is 14.5. The summed E-state index contributed by atoms with van der Waals surface area (Å²) in [5.74, 6) is 0.0950. The molecular weight excluding hydrogens is 272 g/mol. The first-order valence-electron chi connectivity index (χ1n) is 6.64. The van der Waals surface area contributed by atoms with Crippen molar-refractivity contribution >= 4 is 29.3 Å². The molecule has 0 radical (unpaired) electrons. The topological polar surface area (TPSA) is 58.2 Å². The summed E-state index contributed by atoms with van der Waals surface area (Å²) < 4.78 is 0. The molecule has 2 rings (SSSR count). The maximum Gasteiger partial charge on any atom is 0.262 e. The van der Waals surface area contributed by atoms with Gasteiger partial charge < -0.3 is 10.6 Å². The number of rotatable bonds is 4. The van der Waals surface area contributed by atoms with Gasteiger partial charge in [-0.15, -0.1) is 0 Å². The van der Waals surface area contributed by atoms with Crippen molar-refractivity contribution in [2.24, 2.45) is 5.92 Å². The molecule has 0 unspecified atom stereocenters. The van der Waals surface area contributed by atoms with Crippen LogP contribution in [0.15, 0.2) is 40.1 Å². The van der Waals surface area contributed by atoms with Crippen molar-refractivity contribution in [1.29, 1.82) is 0 Å². The summed E-state index contributed by atoms with van der Waals surface area (Å²) in [6, 6.07) is 7.54. The van der Waals surface area contributed by atoms with E-state index in [1.54, 1.807) is 0 Å². The van der Waals surface area contributed by atoms with Gasteiger partial charge in [0.1, 0.15) is 0 Å². The number of fused-ring (bicyclic) bond motifs is 1. The van der Waals surface area contributed by atoms with Crippen molar-refractivity contribution in [3.8, 4) is 0 Å². The molecule has 106 valence electrons. The normalized spacial score (nSPS) is 15.9. The van der Waals surface area contributed by atoms with Crippen LogP contribution in [0.2, 0.25) is 0 Å². The number of hydrogen-bond acceptors (Lipinski definition) is 3. The van der Waals surface area contributed by atoms with E-state index in [2.05, 4.69) is 24.5 Å². The number of carbonyl (C=O) groups excluding carboxylic acids is 2. The zero-order valence-corrected chi connectivity index (χ0v) is 12.4. The first kappa shape index (κ1) is 14.7. The fraction of sp³-hybridized carbons (Fsp3) is 0.333. The molecule has 2 N–H and O–H groups in total. The van der Waals surface area contributed by atoms with E-state index in [4.69, 9.17) is 0 Å². The number of nitrogens with one attached hydrogen (secondary N) is 2. The Morgan fingerprint density at radius 3 is 2.90 bits per heavy atom. The first-order valence-corrected chi connectivity index (χ1v) is 7.45. The lowest BCUT2D eigenvalue weighted by Crippen LogP contribution is -2.25. The highest BCUT2D eigenvalue weighted by atomic mass is 32.2. The molecule has 0 fully saturated rings. The minimum Gasteiger partial charge on any atom is -0.353 e. The Bertz CT molecular complexity index is 553. The third-order valence-electron chi connectivity index (χ3n) is 2.86. The van der Waals surface area contributed by atoms with E-state index in [-0.39, 0.29) is 11.8 Å². The second-order valence-electron chi connectivity index (χ2n) is 5.03. The van der Waals surface area contributed by atoms with E-state index in [9.17, 15) is 9.59 Å². The Morgan fingerprint density at radius 1 is 1.40 bits per heavy atom. The summed E-state index contributed by atoms with van der Waals surface area (Å²) >= 11 is 1.32. The Labute approximate surface area is 123 Å². The van der Waals surface area contributed by atoms with Crippen LogP contribution < -0.4 is 10.6 Å². The van der Waals surface area contributed by atoms with Gasteiger partial charge in [0.05, 0.1) is 10.6 Å². The molecule has 2 amide bonds. The average Bonchev–Trinajstić information content (AvgIpc) is 2.39. The van der Waals surface area contributed by atoms with Crippen LogP contribution in [0, 0.1) is 5.92 Å². The smallest absolute Gasteiger partial charge is 0.262 e. The average molecular weight is 290 g/mol. The van der Waals surface area contributed by atoms with E-state index >= 15 is 0 Å². The van der Waals surface area contributed by atoms with Crippen LogP contribution in [-0.4, -0.2) is 18.4 Å². The van der Waals surface area contributed by atoms with Gasteiger partial charge in [0, 0.05) is 17.5 Å². The van der Waals surface area contributed by atoms with Crippen LogP contribution in [0.1, 0.15) is 20.3 Å². The number of carbonyl (C=O) groups is 2. The van der Waals surface area contributed by atoms with Gasteiger partial charge in [-0.25, -0.2) is 0 Å². The molecule has 0 atom stereocenters. The van der Waals surface area contributed by atoms with Gasteiger partial charge in [-0.1, -0.05) is 37.7 Å². The van der Waals surface area contributed by atoms with Crippen LogP contribution in [0.5, 0.6) is 0 Å². The molecule has 1 aliphatic rings. The molecule has 5 heteroatoms. The van der Waals surface area contributed by atoms with Crippen LogP contribution in [0.4, 0.5) is 5.69 Å². The summed E-state index contributed by atoms with van der Waals surface area (Å²) in [5, 5.41) is 5.58. The number of amides is 2. The largest absolute Gasteiger partial charge is 0.353 e. The second-order valence-corrected chi connectivity index (χ2v) is 6.12. The standard InChI is InChI=1S/C15H18N2O2S/c1-10(2)7-8-16-14(18)9-13-15(19)17-11-5-3-4-6-12(11)20-13/h3-6,9-10H,7-8H2,1-2H3,(H,16,18)(H,17,19). The second kappa shape index (κ2) is 6.61. The SMILES string of the molecule is CC(C)CCNC(=O)C=C1Sc2ccccc2NC1=O. The maximum absolute atomic E-state index is 11.9. The third-order valence-corrected chi connectivity index (χ3v) is 3.96. The summed E-state index contributed by atoms with van der Waals surface area (Å²) in [4.78, 5) is 25.0. The molecule has 0 bridgehead atoms. The maximum atomic E-state index is 11.9. The highest BCUT2D eigenvalue weighted by Crippen LogP contribution is 2.37. The molecule has 1 aliphatic heterocycles. The zero-order valence-electron chi connectivity index (χ0n) is 11.6. The Hall–Kier alpha value is -1.75. The van der Waals surface area contributed by atoms with Crippen molar-refractivity contribution < 1.29 is 9.59 Å². The first-order chi connectivity index (χ1) is 9.56. The molecule has 1 heterocycles. The summed E-state index contributed by atoms with van der Waals surface area (Å²) in [7, 11) is 0. The summed E-state index contributed by atoms with van der Waals surface area (Å²) in [5.41, 5.74) is 0.792. The lowest BCUT2D eigenvalue weighted by Gasteiger charge is -2.18. The van der Waals surface area contributed by atoms with Gasteiger partial charge in [-0.3, -0.25) is 9.59 Å². The monoisotopic (exact) mass is 290 g/mol. The molecular formula is C15H18N2O2S. The molecule has 1 aromatic rings. The van der Waals surface area contributed by atoms with Gasteiger partial charge in [-0.2, -0.15) is 0 Å². The van der Waals surface area contributed by atoms with Crippen molar-refractivity contribution in [3.05, 3.63) is 35.2 Å². The highest BCUT2D eigenvalue weighted by Gasteiger charge is 2.21. The van der Waals surface area contributed by atoms with E-state index < -0.39 is 0 Å². The Morgan fingerprint density at radius 2 is 2.15 bits per heavy atom. The lowest BCUT2D eigenvalue weighted by atomic mass is 10.1. The summed E-state index contributed by atoms with van der Waals surface area (Å²) in [6.45, 7) is 4.83. The van der Waals surface area contributed by atoms with Crippen LogP contribution in [-0.2, 0) is 9.59 Å². The highest BCUT2D eigenvalue weighted by molar-refractivity contribution is 8.04.